The van der Waals surface area contributed by atoms with Gasteiger partial charge in [-0.3, -0.25) is 19.4 Å². The number of nitrogens with zero attached hydrogens (tertiary/aromatic N) is 5. The van der Waals surface area contributed by atoms with E-state index in [9.17, 15) is 9.59 Å². The topological polar surface area (TPSA) is 109 Å². The molecule has 0 bridgehead atoms. The zero-order valence-electron chi connectivity index (χ0n) is 14.0. The highest BCUT2D eigenvalue weighted by molar-refractivity contribution is 6.28. The first-order valence-corrected chi connectivity index (χ1v) is 8.53. The van der Waals surface area contributed by atoms with Crippen molar-refractivity contribution in [2.24, 2.45) is 0 Å². The van der Waals surface area contributed by atoms with E-state index in [2.05, 4.69) is 25.6 Å². The summed E-state index contributed by atoms with van der Waals surface area (Å²) in [4.78, 5) is 29.3. The van der Waals surface area contributed by atoms with E-state index in [1.807, 2.05) is 15.6 Å². The highest BCUT2D eigenvalue weighted by atomic mass is 35.5. The lowest BCUT2D eigenvalue weighted by Crippen LogP contribution is -2.28. The van der Waals surface area contributed by atoms with Crippen LogP contribution in [0.4, 0.5) is 0 Å². The third kappa shape index (κ3) is 4.56. The Kier molecular flexibility index (Phi) is 5.32. The number of halogens is 1. The van der Waals surface area contributed by atoms with Crippen LogP contribution in [-0.4, -0.2) is 48.2 Å². The molecule has 0 fully saturated rings. The van der Waals surface area contributed by atoms with E-state index in [4.69, 9.17) is 11.6 Å². The van der Waals surface area contributed by atoms with Crippen molar-refractivity contribution in [2.45, 2.75) is 45.8 Å². The molecule has 0 radical (unpaired) electrons. The van der Waals surface area contributed by atoms with Gasteiger partial charge in [0, 0.05) is 32.9 Å². The maximum atomic E-state index is 11.9. The van der Waals surface area contributed by atoms with E-state index in [0.29, 0.717) is 25.3 Å². The van der Waals surface area contributed by atoms with Gasteiger partial charge in [-0.1, -0.05) is 0 Å². The fourth-order valence-electron chi connectivity index (χ4n) is 2.77. The van der Waals surface area contributed by atoms with Crippen molar-refractivity contribution < 1.29 is 9.59 Å². The number of aryl methyl sites for hydroxylation is 2. The second kappa shape index (κ2) is 7.64. The van der Waals surface area contributed by atoms with Crippen LogP contribution in [0, 0.1) is 0 Å². The van der Waals surface area contributed by atoms with Crippen molar-refractivity contribution in [1.29, 1.82) is 0 Å². The molecule has 10 heteroatoms. The Morgan fingerprint density at radius 3 is 2.96 bits per heavy atom. The van der Waals surface area contributed by atoms with E-state index >= 15 is 0 Å². The maximum absolute atomic E-state index is 11.9. The molecule has 25 heavy (non-hydrogen) atoms. The number of H-pyrrole nitrogens is 1. The van der Waals surface area contributed by atoms with Crippen LogP contribution in [0.2, 0.25) is 5.28 Å². The number of carbonyl (C=O) groups is 2. The second-order valence-corrected chi connectivity index (χ2v) is 6.31. The van der Waals surface area contributed by atoms with Crippen LogP contribution in [0.1, 0.15) is 37.0 Å². The lowest BCUT2D eigenvalue weighted by atomic mass is 10.2. The standard InChI is InChI=1S/C15H20ClN7O2/c1-10(24)22-5-2-6-23-12(9-22)7-11(21-23)8-17-14(25)4-3-13-18-15(16)20-19-13/h7H,2-6,8-9H2,1H3,(H,17,25)(H,18,19,20). The SMILES string of the molecule is CC(=O)N1CCCn2nc(CNC(=O)CCc3nc(Cl)n[nH]3)cc2C1. The molecule has 1 aliphatic rings. The first-order chi connectivity index (χ1) is 12.0. The van der Waals surface area contributed by atoms with E-state index < -0.39 is 0 Å². The molecule has 3 heterocycles. The summed E-state index contributed by atoms with van der Waals surface area (Å²) in [6, 6.07) is 1.94. The van der Waals surface area contributed by atoms with Crippen molar-refractivity contribution in [1.82, 2.24) is 35.2 Å². The van der Waals surface area contributed by atoms with E-state index in [0.717, 1.165) is 30.9 Å². The second-order valence-electron chi connectivity index (χ2n) is 5.97. The smallest absolute Gasteiger partial charge is 0.242 e. The van der Waals surface area contributed by atoms with Gasteiger partial charge in [0.05, 0.1) is 24.5 Å². The summed E-state index contributed by atoms with van der Waals surface area (Å²) in [6.07, 6.45) is 1.61. The predicted octanol–water partition coefficient (Wildman–Crippen LogP) is 0.656. The summed E-state index contributed by atoms with van der Waals surface area (Å²) < 4.78 is 1.92. The minimum absolute atomic E-state index is 0.0667. The minimum Gasteiger partial charge on any atom is -0.350 e. The van der Waals surface area contributed by atoms with Crippen LogP contribution < -0.4 is 5.32 Å². The molecule has 3 rings (SSSR count). The third-order valence-corrected chi connectivity index (χ3v) is 4.24. The van der Waals surface area contributed by atoms with E-state index in [1.54, 1.807) is 6.92 Å². The van der Waals surface area contributed by atoms with Gasteiger partial charge < -0.3 is 10.2 Å². The van der Waals surface area contributed by atoms with Crippen LogP contribution in [0.3, 0.4) is 0 Å². The number of amides is 2. The number of hydrogen-bond acceptors (Lipinski definition) is 5. The molecular formula is C15H20ClN7O2. The van der Waals surface area contributed by atoms with Gasteiger partial charge in [0.2, 0.25) is 17.1 Å². The van der Waals surface area contributed by atoms with E-state index in [1.165, 1.54) is 0 Å². The molecule has 0 saturated carbocycles. The Hall–Kier alpha value is -2.42. The molecule has 0 unspecified atom stereocenters. The number of aromatic amines is 1. The summed E-state index contributed by atoms with van der Waals surface area (Å²) >= 11 is 5.62. The van der Waals surface area contributed by atoms with E-state index in [-0.39, 0.29) is 23.5 Å². The molecule has 0 aliphatic carbocycles. The average Bonchev–Trinajstić information content (AvgIpc) is 3.11. The number of rotatable bonds is 5. The van der Waals surface area contributed by atoms with Crippen molar-refractivity contribution in [2.75, 3.05) is 6.54 Å². The quantitative estimate of drug-likeness (QED) is 0.808. The molecule has 2 aromatic heterocycles. The summed E-state index contributed by atoms with van der Waals surface area (Å²) in [5.41, 5.74) is 1.78. The van der Waals surface area contributed by atoms with Crippen LogP contribution >= 0.6 is 11.6 Å². The van der Waals surface area contributed by atoms with Crippen molar-refractivity contribution >= 4 is 23.4 Å². The molecule has 1 aliphatic heterocycles. The van der Waals surface area contributed by atoms with Gasteiger partial charge in [-0.05, 0) is 24.1 Å². The Morgan fingerprint density at radius 2 is 2.24 bits per heavy atom. The third-order valence-electron chi connectivity index (χ3n) is 4.07. The Labute approximate surface area is 149 Å². The minimum atomic E-state index is -0.0962. The zero-order chi connectivity index (χ0) is 17.8. The molecule has 9 nitrogen and oxygen atoms in total. The maximum Gasteiger partial charge on any atom is 0.242 e. The zero-order valence-corrected chi connectivity index (χ0v) is 14.7. The van der Waals surface area contributed by atoms with Crippen LogP contribution in [0.15, 0.2) is 6.07 Å². The highest BCUT2D eigenvalue weighted by Gasteiger charge is 2.18. The summed E-state index contributed by atoms with van der Waals surface area (Å²) in [7, 11) is 0. The fourth-order valence-corrected chi connectivity index (χ4v) is 2.91. The van der Waals surface area contributed by atoms with Gasteiger partial charge in [-0.25, -0.2) is 4.98 Å². The van der Waals surface area contributed by atoms with Crippen molar-refractivity contribution in [3.05, 3.63) is 28.6 Å². The van der Waals surface area contributed by atoms with Gasteiger partial charge in [0.1, 0.15) is 5.82 Å². The van der Waals surface area contributed by atoms with Crippen LogP contribution in [-0.2, 0) is 35.6 Å². The number of hydrogen-bond donors (Lipinski definition) is 2. The van der Waals surface area contributed by atoms with Gasteiger partial charge in [0.25, 0.3) is 0 Å². The van der Waals surface area contributed by atoms with Crippen LogP contribution in [0.5, 0.6) is 0 Å². The average molecular weight is 366 g/mol. The molecule has 2 N–H and O–H groups in total. The predicted molar refractivity (Wildman–Crippen MR) is 89.5 cm³/mol. The number of carbonyl (C=O) groups excluding carboxylic acids is 2. The molecule has 0 atom stereocenters. The first kappa shape index (κ1) is 17.4. The summed E-state index contributed by atoms with van der Waals surface area (Å²) in [6.45, 7) is 4.02. The molecule has 2 aromatic rings. The van der Waals surface area contributed by atoms with Gasteiger partial charge in [-0.2, -0.15) is 5.10 Å². The molecule has 2 amide bonds. The first-order valence-electron chi connectivity index (χ1n) is 8.16. The van der Waals surface area contributed by atoms with Crippen molar-refractivity contribution in [3.63, 3.8) is 0 Å². The summed E-state index contributed by atoms with van der Waals surface area (Å²) in [5.74, 6) is 0.552. The Balaban J connectivity index is 1.51. The fraction of sp³-hybridized carbons (Fsp3) is 0.533. The number of aromatic nitrogens is 5. The number of fused-ring (bicyclic) bond motifs is 1. The molecule has 0 spiro atoms. The van der Waals surface area contributed by atoms with Gasteiger partial charge >= 0.3 is 0 Å². The molecule has 0 saturated heterocycles. The molecular weight excluding hydrogens is 346 g/mol. The van der Waals surface area contributed by atoms with Gasteiger partial charge in [0.15, 0.2) is 0 Å². The lowest BCUT2D eigenvalue weighted by Gasteiger charge is -2.17. The Bertz CT molecular complexity index is 770. The highest BCUT2D eigenvalue weighted by Crippen LogP contribution is 2.14. The molecule has 0 aromatic carbocycles. The van der Waals surface area contributed by atoms with Gasteiger partial charge in [-0.15, -0.1) is 5.10 Å². The monoisotopic (exact) mass is 365 g/mol. The Morgan fingerprint density at radius 1 is 1.40 bits per heavy atom. The normalized spacial score (nSPS) is 14.1. The van der Waals surface area contributed by atoms with Crippen molar-refractivity contribution in [3.8, 4) is 0 Å². The summed E-state index contributed by atoms with van der Waals surface area (Å²) in [5, 5.41) is 13.9. The van der Waals surface area contributed by atoms with Crippen LogP contribution in [0.25, 0.3) is 0 Å². The molecule has 134 valence electrons. The lowest BCUT2D eigenvalue weighted by molar-refractivity contribution is -0.129. The largest absolute Gasteiger partial charge is 0.350 e. The number of nitrogens with one attached hydrogen (secondary N) is 2.